The van der Waals surface area contributed by atoms with Crippen LogP contribution >= 0.6 is 11.8 Å². The third kappa shape index (κ3) is 2.06. The summed E-state index contributed by atoms with van der Waals surface area (Å²) < 4.78 is 41.1. The van der Waals surface area contributed by atoms with E-state index in [0.717, 1.165) is 0 Å². The third-order valence-electron chi connectivity index (χ3n) is 1.67. The van der Waals surface area contributed by atoms with Gasteiger partial charge in [0.05, 0.1) is 5.69 Å². The van der Waals surface area contributed by atoms with Crippen molar-refractivity contribution in [2.24, 2.45) is 0 Å². The number of rotatable bonds is 1. The summed E-state index contributed by atoms with van der Waals surface area (Å²) in [6.07, 6.45) is 0. The Morgan fingerprint density at radius 3 is 2.86 bits per heavy atom. The molecule has 0 aromatic heterocycles. The van der Waals surface area contributed by atoms with Gasteiger partial charge < -0.3 is 10.1 Å². The van der Waals surface area contributed by atoms with Crippen molar-refractivity contribution in [1.29, 1.82) is 0 Å². The molecule has 0 unspecified atom stereocenters. The molecule has 0 radical (unpaired) electrons. The van der Waals surface area contributed by atoms with Crippen LogP contribution in [0.25, 0.3) is 0 Å². The van der Waals surface area contributed by atoms with Crippen molar-refractivity contribution in [3.05, 3.63) is 18.2 Å². The number of thioether (sulfide) groups is 1. The van der Waals surface area contributed by atoms with Crippen LogP contribution in [0.5, 0.6) is 5.75 Å². The van der Waals surface area contributed by atoms with E-state index in [-0.39, 0.29) is 16.7 Å². The molecule has 0 bridgehead atoms. The van der Waals surface area contributed by atoms with Gasteiger partial charge >= 0.3 is 5.51 Å². The molecule has 0 spiro atoms. The quantitative estimate of drug-likeness (QED) is 0.736. The number of anilines is 1. The van der Waals surface area contributed by atoms with Crippen molar-refractivity contribution < 1.29 is 17.9 Å². The average Bonchev–Trinajstić information content (AvgIpc) is 2.47. The van der Waals surface area contributed by atoms with E-state index in [1.54, 1.807) is 0 Å². The van der Waals surface area contributed by atoms with Crippen LogP contribution in [0.2, 0.25) is 0 Å². The number of alkyl halides is 3. The largest absolute Gasteiger partial charge is 0.471 e. The molecule has 2 nitrogen and oxygen atoms in total. The Bertz CT molecular complexity index is 353. The predicted octanol–water partition coefficient (Wildman–Crippen LogP) is 3.06. The highest BCUT2D eigenvalue weighted by atomic mass is 32.2. The Labute approximate surface area is 82.4 Å². The first-order chi connectivity index (χ1) is 6.54. The number of benzene rings is 1. The van der Waals surface area contributed by atoms with E-state index in [0.29, 0.717) is 18.2 Å². The van der Waals surface area contributed by atoms with Crippen LogP contribution in [0.3, 0.4) is 0 Å². The Hall–Kier alpha value is -1.04. The normalized spacial score (nSPS) is 14.5. The predicted molar refractivity (Wildman–Crippen MR) is 47.5 cm³/mol. The van der Waals surface area contributed by atoms with Crippen molar-refractivity contribution in [2.75, 3.05) is 12.0 Å². The minimum atomic E-state index is -4.24. The molecule has 1 aliphatic heterocycles. The van der Waals surface area contributed by atoms with Crippen molar-refractivity contribution in [2.45, 2.75) is 10.4 Å². The summed E-state index contributed by atoms with van der Waals surface area (Å²) in [4.78, 5) is 0.161. The van der Waals surface area contributed by atoms with E-state index >= 15 is 0 Å². The van der Waals surface area contributed by atoms with Gasteiger partial charge in [-0.2, -0.15) is 13.2 Å². The molecule has 0 aliphatic carbocycles. The molecule has 0 atom stereocenters. The molecule has 1 aromatic carbocycles. The summed E-state index contributed by atoms with van der Waals surface area (Å²) in [6.45, 7) is 0.315. The van der Waals surface area contributed by atoms with Crippen molar-refractivity contribution in [3.8, 4) is 5.75 Å². The van der Waals surface area contributed by atoms with Crippen molar-refractivity contribution in [3.63, 3.8) is 0 Å². The van der Waals surface area contributed by atoms with Crippen LogP contribution in [-0.2, 0) is 0 Å². The van der Waals surface area contributed by atoms with E-state index in [1.807, 2.05) is 0 Å². The van der Waals surface area contributed by atoms with Gasteiger partial charge in [-0.3, -0.25) is 0 Å². The smallest absolute Gasteiger partial charge is 0.446 e. The maximum atomic E-state index is 12.0. The van der Waals surface area contributed by atoms with Crippen LogP contribution in [0.4, 0.5) is 18.9 Å². The highest BCUT2D eigenvalue weighted by Gasteiger charge is 2.29. The van der Waals surface area contributed by atoms with Gasteiger partial charge in [-0.25, -0.2) is 0 Å². The topological polar surface area (TPSA) is 21.3 Å². The van der Waals surface area contributed by atoms with E-state index in [1.165, 1.54) is 18.2 Å². The lowest BCUT2D eigenvalue weighted by atomic mass is 10.3. The van der Waals surface area contributed by atoms with Gasteiger partial charge in [-0.05, 0) is 30.0 Å². The van der Waals surface area contributed by atoms with Crippen LogP contribution < -0.4 is 10.1 Å². The fraction of sp³-hybridized carbons (Fsp3) is 0.250. The summed E-state index contributed by atoms with van der Waals surface area (Å²) >= 11 is -0.129. The van der Waals surface area contributed by atoms with Crippen molar-refractivity contribution >= 4 is 17.4 Å². The maximum absolute atomic E-state index is 12.0. The van der Waals surface area contributed by atoms with Gasteiger partial charge in [0.15, 0.2) is 6.73 Å². The first-order valence-corrected chi connectivity index (χ1v) is 4.63. The number of ether oxygens (including phenoxy) is 1. The monoisotopic (exact) mass is 221 g/mol. The van der Waals surface area contributed by atoms with Gasteiger partial charge in [0.2, 0.25) is 0 Å². The van der Waals surface area contributed by atoms with Gasteiger partial charge in [-0.1, -0.05) is 0 Å². The number of hydrogen-bond acceptors (Lipinski definition) is 3. The Morgan fingerprint density at radius 2 is 2.14 bits per heavy atom. The molecule has 1 N–H and O–H groups in total. The first kappa shape index (κ1) is 9.51. The molecule has 1 heterocycles. The molecule has 6 heteroatoms. The zero-order chi connectivity index (χ0) is 10.2. The lowest BCUT2D eigenvalue weighted by Gasteiger charge is -2.06. The highest BCUT2D eigenvalue weighted by molar-refractivity contribution is 8.00. The van der Waals surface area contributed by atoms with Crippen molar-refractivity contribution in [1.82, 2.24) is 0 Å². The lowest BCUT2D eigenvalue weighted by Crippen LogP contribution is -1.99. The van der Waals surface area contributed by atoms with Gasteiger partial charge in [0, 0.05) is 4.90 Å². The zero-order valence-electron chi connectivity index (χ0n) is 6.89. The zero-order valence-corrected chi connectivity index (χ0v) is 7.71. The molecule has 0 saturated heterocycles. The summed E-state index contributed by atoms with van der Waals surface area (Å²) in [7, 11) is 0. The molecule has 1 aliphatic rings. The Balaban J connectivity index is 2.21. The molecular formula is C8H6F3NOS. The molecular weight excluding hydrogens is 215 g/mol. The fourth-order valence-electron chi connectivity index (χ4n) is 1.16. The Kier molecular flexibility index (Phi) is 2.22. The van der Waals surface area contributed by atoms with Gasteiger partial charge in [0.25, 0.3) is 0 Å². The molecule has 1 aromatic rings. The van der Waals surface area contributed by atoms with E-state index in [4.69, 9.17) is 4.74 Å². The standard InChI is InChI=1S/C8H6F3NOS/c9-8(10,11)14-5-1-2-7-6(3-5)12-4-13-7/h1-3,12H,4H2. The number of halogens is 3. The average molecular weight is 221 g/mol. The summed E-state index contributed by atoms with van der Waals surface area (Å²) in [5, 5.41) is 2.82. The minimum absolute atomic E-state index is 0.129. The molecule has 0 fully saturated rings. The summed E-state index contributed by atoms with van der Waals surface area (Å²) in [6, 6.07) is 4.36. The molecule has 0 amide bonds. The van der Waals surface area contributed by atoms with Crippen LogP contribution in [0.15, 0.2) is 23.1 Å². The minimum Gasteiger partial charge on any atom is -0.471 e. The summed E-state index contributed by atoms with van der Waals surface area (Å²) in [5.41, 5.74) is -3.63. The highest BCUT2D eigenvalue weighted by Crippen LogP contribution is 2.40. The van der Waals surface area contributed by atoms with E-state index < -0.39 is 5.51 Å². The second-order valence-electron chi connectivity index (χ2n) is 2.67. The lowest BCUT2D eigenvalue weighted by molar-refractivity contribution is -0.0328. The molecule has 76 valence electrons. The van der Waals surface area contributed by atoms with Gasteiger partial charge in [0.1, 0.15) is 5.75 Å². The Morgan fingerprint density at radius 1 is 1.36 bits per heavy atom. The first-order valence-electron chi connectivity index (χ1n) is 3.81. The van der Waals surface area contributed by atoms with E-state index in [2.05, 4.69) is 5.32 Å². The molecule has 2 rings (SSSR count). The molecule has 14 heavy (non-hydrogen) atoms. The SMILES string of the molecule is FC(F)(F)Sc1ccc2c(c1)NCO2. The van der Waals surface area contributed by atoms with Crippen LogP contribution in [0.1, 0.15) is 0 Å². The number of fused-ring (bicyclic) bond motifs is 1. The second-order valence-corrected chi connectivity index (χ2v) is 3.81. The van der Waals surface area contributed by atoms with E-state index in [9.17, 15) is 13.2 Å². The molecule has 0 saturated carbocycles. The third-order valence-corrected chi connectivity index (χ3v) is 2.40. The number of hydrogen-bond donors (Lipinski definition) is 1. The fourth-order valence-corrected chi connectivity index (χ4v) is 1.74. The van der Waals surface area contributed by atoms with Crippen LogP contribution in [-0.4, -0.2) is 12.2 Å². The summed E-state index contributed by atoms with van der Waals surface area (Å²) in [5.74, 6) is 0.594. The van der Waals surface area contributed by atoms with Gasteiger partial charge in [-0.15, -0.1) is 0 Å². The number of nitrogens with one attached hydrogen (secondary N) is 1. The second kappa shape index (κ2) is 3.27. The maximum Gasteiger partial charge on any atom is 0.446 e. The van der Waals surface area contributed by atoms with Crippen LogP contribution in [0, 0.1) is 0 Å².